The number of benzene rings is 2. The molecule has 26 heavy (non-hydrogen) atoms. The number of nitrogens with zero attached hydrogens (tertiary/aromatic N) is 2. The van der Waals surface area contributed by atoms with Crippen LogP contribution in [0.5, 0.6) is 0 Å². The average Bonchev–Trinajstić information content (AvgIpc) is 3.14. The highest BCUT2D eigenvalue weighted by Gasteiger charge is 2.22. The summed E-state index contributed by atoms with van der Waals surface area (Å²) in [6, 6.07) is 18.2. The van der Waals surface area contributed by atoms with E-state index < -0.39 is 0 Å². The lowest BCUT2D eigenvalue weighted by Gasteiger charge is -2.31. The number of nitrogens with one attached hydrogen (secondary N) is 1. The van der Waals surface area contributed by atoms with Gasteiger partial charge in [-0.05, 0) is 61.8 Å². The topological polar surface area (TPSA) is 31.9 Å². The van der Waals surface area contributed by atoms with E-state index in [0.29, 0.717) is 5.92 Å². The molecule has 134 valence electrons. The standard InChI is InChI=1S/C21H21Cl2N3/c22-18-6-4-15(5-7-18)14-26-10-8-16(9-11-26)20-13-21(25-24-20)17-2-1-3-19(23)12-17/h1-7,12-13,16H,8-11,14H2,(H,24,25). The van der Waals surface area contributed by atoms with Crippen molar-refractivity contribution in [3.63, 3.8) is 0 Å². The Bertz CT molecular complexity index is 865. The molecule has 5 heteroatoms. The van der Waals surface area contributed by atoms with E-state index in [0.717, 1.165) is 59.5 Å². The molecule has 0 atom stereocenters. The van der Waals surface area contributed by atoms with Crippen LogP contribution in [0.25, 0.3) is 11.3 Å². The maximum Gasteiger partial charge on any atom is 0.0660 e. The lowest BCUT2D eigenvalue weighted by atomic mass is 9.93. The average molecular weight is 386 g/mol. The van der Waals surface area contributed by atoms with Gasteiger partial charge < -0.3 is 0 Å². The van der Waals surface area contributed by atoms with Crippen LogP contribution in [0, 0.1) is 0 Å². The third kappa shape index (κ3) is 4.12. The Morgan fingerprint density at radius 1 is 0.962 bits per heavy atom. The van der Waals surface area contributed by atoms with Crippen molar-refractivity contribution < 1.29 is 0 Å². The summed E-state index contributed by atoms with van der Waals surface area (Å²) in [6.45, 7) is 3.16. The van der Waals surface area contributed by atoms with E-state index >= 15 is 0 Å². The summed E-state index contributed by atoms with van der Waals surface area (Å²) in [7, 11) is 0. The Balaban J connectivity index is 1.37. The summed E-state index contributed by atoms with van der Waals surface area (Å²) >= 11 is 12.1. The minimum atomic E-state index is 0.514. The summed E-state index contributed by atoms with van der Waals surface area (Å²) in [5, 5.41) is 9.27. The molecule has 0 amide bonds. The van der Waals surface area contributed by atoms with Gasteiger partial charge in [-0.2, -0.15) is 5.10 Å². The van der Waals surface area contributed by atoms with Crippen molar-refractivity contribution in [2.24, 2.45) is 0 Å². The number of hydrogen-bond donors (Lipinski definition) is 1. The highest BCUT2D eigenvalue weighted by molar-refractivity contribution is 6.31. The van der Waals surface area contributed by atoms with Gasteiger partial charge in [0, 0.05) is 28.1 Å². The zero-order valence-electron chi connectivity index (χ0n) is 14.5. The highest BCUT2D eigenvalue weighted by Crippen LogP contribution is 2.30. The fraction of sp³-hybridized carbons (Fsp3) is 0.286. The van der Waals surface area contributed by atoms with Crippen molar-refractivity contribution in [3.05, 3.63) is 75.9 Å². The molecule has 1 saturated heterocycles. The first-order chi connectivity index (χ1) is 12.7. The van der Waals surface area contributed by atoms with Crippen LogP contribution >= 0.6 is 23.2 Å². The van der Waals surface area contributed by atoms with Gasteiger partial charge in [0.2, 0.25) is 0 Å². The van der Waals surface area contributed by atoms with Crippen molar-refractivity contribution >= 4 is 23.2 Å². The molecule has 0 bridgehead atoms. The first-order valence-corrected chi connectivity index (χ1v) is 9.71. The van der Waals surface area contributed by atoms with Gasteiger partial charge >= 0.3 is 0 Å². The number of rotatable bonds is 4. The van der Waals surface area contributed by atoms with Gasteiger partial charge in [0.25, 0.3) is 0 Å². The Kier molecular flexibility index (Phi) is 5.30. The van der Waals surface area contributed by atoms with Crippen molar-refractivity contribution in [3.8, 4) is 11.3 Å². The SMILES string of the molecule is Clc1ccc(CN2CCC(c3cc(-c4cccc(Cl)c4)[nH]n3)CC2)cc1. The van der Waals surface area contributed by atoms with Gasteiger partial charge in [-0.25, -0.2) is 0 Å². The number of H-pyrrole nitrogens is 1. The van der Waals surface area contributed by atoms with Crippen LogP contribution in [-0.2, 0) is 6.54 Å². The van der Waals surface area contributed by atoms with E-state index in [4.69, 9.17) is 23.2 Å². The summed E-state index contributed by atoms with van der Waals surface area (Å²) in [6.07, 6.45) is 2.26. The zero-order chi connectivity index (χ0) is 17.9. The fourth-order valence-corrected chi connectivity index (χ4v) is 3.90. The molecule has 3 aromatic rings. The van der Waals surface area contributed by atoms with E-state index in [2.05, 4.69) is 39.4 Å². The predicted octanol–water partition coefficient (Wildman–Crippen LogP) is 5.76. The normalized spacial score (nSPS) is 16.1. The van der Waals surface area contributed by atoms with Gasteiger partial charge in [0.15, 0.2) is 0 Å². The van der Waals surface area contributed by atoms with Crippen LogP contribution in [0.3, 0.4) is 0 Å². The molecule has 0 aliphatic carbocycles. The second-order valence-corrected chi connectivity index (χ2v) is 7.77. The Morgan fingerprint density at radius 2 is 1.73 bits per heavy atom. The minimum absolute atomic E-state index is 0.514. The Hall–Kier alpha value is -1.81. The van der Waals surface area contributed by atoms with Gasteiger partial charge in [0.05, 0.1) is 11.4 Å². The monoisotopic (exact) mass is 385 g/mol. The first-order valence-electron chi connectivity index (χ1n) is 8.95. The van der Waals surface area contributed by atoms with Crippen LogP contribution < -0.4 is 0 Å². The van der Waals surface area contributed by atoms with E-state index in [1.165, 1.54) is 5.56 Å². The lowest BCUT2D eigenvalue weighted by molar-refractivity contribution is 0.203. The quantitative estimate of drug-likeness (QED) is 0.618. The summed E-state index contributed by atoms with van der Waals surface area (Å²) in [4.78, 5) is 2.50. The van der Waals surface area contributed by atoms with Gasteiger partial charge in [-0.3, -0.25) is 10.00 Å². The van der Waals surface area contributed by atoms with Crippen LogP contribution in [0.15, 0.2) is 54.6 Å². The third-order valence-electron chi connectivity index (χ3n) is 5.06. The van der Waals surface area contributed by atoms with Gasteiger partial charge in [-0.15, -0.1) is 0 Å². The maximum absolute atomic E-state index is 6.09. The predicted molar refractivity (Wildman–Crippen MR) is 108 cm³/mol. The van der Waals surface area contributed by atoms with Gasteiger partial charge in [-0.1, -0.05) is 47.5 Å². The molecular formula is C21H21Cl2N3. The molecule has 0 radical (unpaired) electrons. The molecule has 1 fully saturated rings. The molecule has 1 aliphatic rings. The molecule has 3 nitrogen and oxygen atoms in total. The molecule has 0 spiro atoms. The minimum Gasteiger partial charge on any atom is -0.299 e. The Labute approximate surface area is 163 Å². The largest absolute Gasteiger partial charge is 0.299 e. The van der Waals surface area contributed by atoms with Crippen molar-refractivity contribution in [1.29, 1.82) is 0 Å². The van der Waals surface area contributed by atoms with Crippen LogP contribution in [0.1, 0.15) is 30.0 Å². The van der Waals surface area contributed by atoms with E-state index in [1.54, 1.807) is 0 Å². The second-order valence-electron chi connectivity index (χ2n) is 6.89. The Morgan fingerprint density at radius 3 is 2.46 bits per heavy atom. The number of hydrogen-bond acceptors (Lipinski definition) is 2. The number of aromatic nitrogens is 2. The maximum atomic E-state index is 6.09. The van der Waals surface area contributed by atoms with Crippen LogP contribution in [0.4, 0.5) is 0 Å². The van der Waals surface area contributed by atoms with Crippen LogP contribution in [0.2, 0.25) is 10.0 Å². The molecule has 0 unspecified atom stereocenters. The molecule has 1 aromatic heterocycles. The summed E-state index contributed by atoms with van der Waals surface area (Å²) < 4.78 is 0. The third-order valence-corrected chi connectivity index (χ3v) is 5.55. The molecule has 2 aromatic carbocycles. The van der Waals surface area contributed by atoms with Crippen molar-refractivity contribution in [1.82, 2.24) is 15.1 Å². The fourth-order valence-electron chi connectivity index (χ4n) is 3.59. The van der Waals surface area contributed by atoms with Crippen molar-refractivity contribution in [2.45, 2.75) is 25.3 Å². The molecular weight excluding hydrogens is 365 g/mol. The number of likely N-dealkylation sites (tertiary alicyclic amines) is 1. The second kappa shape index (κ2) is 7.83. The van der Waals surface area contributed by atoms with Gasteiger partial charge in [0.1, 0.15) is 0 Å². The zero-order valence-corrected chi connectivity index (χ0v) is 16.0. The molecule has 1 N–H and O–H groups in total. The highest BCUT2D eigenvalue weighted by atomic mass is 35.5. The van der Waals surface area contributed by atoms with E-state index in [-0.39, 0.29) is 0 Å². The number of aromatic amines is 1. The molecule has 0 saturated carbocycles. The number of piperidine rings is 1. The smallest absolute Gasteiger partial charge is 0.0660 e. The number of halogens is 2. The lowest BCUT2D eigenvalue weighted by Crippen LogP contribution is -2.32. The summed E-state index contributed by atoms with van der Waals surface area (Å²) in [5.74, 6) is 0.514. The molecule has 4 rings (SSSR count). The molecule has 1 aliphatic heterocycles. The van der Waals surface area contributed by atoms with E-state index in [1.807, 2.05) is 30.3 Å². The van der Waals surface area contributed by atoms with Crippen LogP contribution in [-0.4, -0.2) is 28.2 Å². The van der Waals surface area contributed by atoms with E-state index in [9.17, 15) is 0 Å². The van der Waals surface area contributed by atoms with Crippen molar-refractivity contribution in [2.75, 3.05) is 13.1 Å². The molecule has 2 heterocycles. The first kappa shape index (κ1) is 17.6. The summed E-state index contributed by atoms with van der Waals surface area (Å²) in [5.41, 5.74) is 4.59.